The summed E-state index contributed by atoms with van der Waals surface area (Å²) in [5.74, 6) is -0.953. The van der Waals surface area contributed by atoms with Crippen molar-refractivity contribution < 1.29 is 19.4 Å². The van der Waals surface area contributed by atoms with Crippen molar-refractivity contribution in [1.82, 2.24) is 5.32 Å². The van der Waals surface area contributed by atoms with Crippen LogP contribution in [0, 0.1) is 0 Å². The van der Waals surface area contributed by atoms with Gasteiger partial charge in [-0.05, 0) is 44.0 Å². The number of ether oxygens (including phenoxy) is 1. The van der Waals surface area contributed by atoms with E-state index >= 15 is 0 Å². The molecule has 1 unspecified atom stereocenters. The number of aromatic carboxylic acids is 1. The lowest BCUT2D eigenvalue weighted by atomic mass is 10.1. The molecular weight excluding hydrogens is 272 g/mol. The smallest absolute Gasteiger partial charge is 0.335 e. The Labute approximate surface area is 123 Å². The Bertz CT molecular complexity index is 544. The van der Waals surface area contributed by atoms with E-state index in [1.165, 1.54) is 6.07 Å². The van der Waals surface area contributed by atoms with E-state index in [-0.39, 0.29) is 17.7 Å². The molecule has 1 heterocycles. The molecule has 0 radical (unpaired) electrons. The van der Waals surface area contributed by atoms with Gasteiger partial charge in [-0.3, -0.25) is 4.90 Å². The first kappa shape index (κ1) is 15.3. The molecule has 1 aromatic carbocycles. The number of nitrogens with one attached hydrogen (secondary N) is 1. The molecule has 1 aromatic rings. The molecule has 0 saturated carbocycles. The highest BCUT2D eigenvalue weighted by atomic mass is 16.5. The van der Waals surface area contributed by atoms with Gasteiger partial charge in [0.1, 0.15) is 0 Å². The van der Waals surface area contributed by atoms with Gasteiger partial charge >= 0.3 is 12.0 Å². The van der Waals surface area contributed by atoms with Gasteiger partial charge in [-0.25, -0.2) is 9.59 Å². The zero-order valence-corrected chi connectivity index (χ0v) is 12.3. The molecule has 6 heteroatoms. The van der Waals surface area contributed by atoms with Gasteiger partial charge < -0.3 is 15.2 Å². The second-order valence-corrected chi connectivity index (χ2v) is 5.00. The summed E-state index contributed by atoms with van der Waals surface area (Å²) in [6.07, 6.45) is 0.639. The topological polar surface area (TPSA) is 78.9 Å². The normalized spacial score (nSPS) is 14.7. The van der Waals surface area contributed by atoms with E-state index in [4.69, 9.17) is 9.84 Å². The Morgan fingerprint density at radius 3 is 2.90 bits per heavy atom. The molecule has 0 aliphatic carbocycles. The zero-order valence-electron chi connectivity index (χ0n) is 12.3. The van der Waals surface area contributed by atoms with Gasteiger partial charge in [-0.2, -0.15) is 0 Å². The molecule has 2 rings (SSSR count). The maximum Gasteiger partial charge on any atom is 0.335 e. The number of hydrogen-bond acceptors (Lipinski definition) is 3. The predicted octanol–water partition coefficient (Wildman–Crippen LogP) is 1.88. The number of anilines is 1. The lowest BCUT2D eigenvalue weighted by Crippen LogP contribution is -2.42. The van der Waals surface area contributed by atoms with Crippen LogP contribution in [0.2, 0.25) is 0 Å². The quantitative estimate of drug-likeness (QED) is 0.868. The molecule has 0 bridgehead atoms. The molecule has 0 aromatic heterocycles. The molecule has 0 spiro atoms. The largest absolute Gasteiger partial charge is 0.478 e. The summed E-state index contributed by atoms with van der Waals surface area (Å²) in [5, 5.41) is 11.8. The van der Waals surface area contributed by atoms with Gasteiger partial charge in [0.05, 0.1) is 11.7 Å². The lowest BCUT2D eigenvalue weighted by Gasteiger charge is -2.20. The van der Waals surface area contributed by atoms with Crippen molar-refractivity contribution in [3.8, 4) is 0 Å². The first-order chi connectivity index (χ1) is 10.0. The van der Waals surface area contributed by atoms with Crippen LogP contribution in [0.15, 0.2) is 18.2 Å². The lowest BCUT2D eigenvalue weighted by molar-refractivity contribution is 0.0696. The molecule has 6 nitrogen and oxygen atoms in total. The van der Waals surface area contributed by atoms with E-state index in [9.17, 15) is 9.59 Å². The molecule has 2 N–H and O–H groups in total. The molecule has 0 saturated heterocycles. The fraction of sp³-hybridized carbons (Fsp3) is 0.467. The highest BCUT2D eigenvalue weighted by Crippen LogP contribution is 2.28. The van der Waals surface area contributed by atoms with E-state index in [1.807, 2.05) is 13.8 Å². The third-order valence-corrected chi connectivity index (χ3v) is 3.46. The van der Waals surface area contributed by atoms with Gasteiger partial charge in [0.2, 0.25) is 0 Å². The number of carbonyl (C=O) groups is 2. The first-order valence-corrected chi connectivity index (χ1v) is 7.06. The first-order valence-electron chi connectivity index (χ1n) is 7.06. The van der Waals surface area contributed by atoms with Crippen molar-refractivity contribution in [3.05, 3.63) is 29.3 Å². The molecule has 21 heavy (non-hydrogen) atoms. The van der Waals surface area contributed by atoms with Crippen molar-refractivity contribution >= 4 is 17.7 Å². The number of nitrogens with zero attached hydrogens (tertiary/aromatic N) is 1. The Balaban J connectivity index is 2.01. The predicted molar refractivity (Wildman–Crippen MR) is 78.9 cm³/mol. The molecular formula is C15H20N2O4. The van der Waals surface area contributed by atoms with Crippen LogP contribution < -0.4 is 10.2 Å². The number of carboxylic acid groups (broad SMARTS) is 1. The van der Waals surface area contributed by atoms with E-state index in [0.29, 0.717) is 26.1 Å². The fourth-order valence-electron chi connectivity index (χ4n) is 2.42. The SMILES string of the molecule is CCOC(C)CNC(=O)N1CCc2cc(C(=O)O)ccc21. The number of carbonyl (C=O) groups excluding carboxylic acids is 1. The minimum Gasteiger partial charge on any atom is -0.478 e. The van der Waals surface area contributed by atoms with Crippen LogP contribution in [-0.2, 0) is 11.2 Å². The van der Waals surface area contributed by atoms with Gasteiger partial charge in [-0.15, -0.1) is 0 Å². The van der Waals surface area contributed by atoms with Crippen LogP contribution in [0.1, 0.15) is 29.8 Å². The van der Waals surface area contributed by atoms with Crippen molar-refractivity contribution in [1.29, 1.82) is 0 Å². The Kier molecular flexibility index (Phi) is 4.80. The number of hydrogen-bond donors (Lipinski definition) is 2. The number of benzene rings is 1. The highest BCUT2D eigenvalue weighted by molar-refractivity contribution is 5.96. The number of amides is 2. The summed E-state index contributed by atoms with van der Waals surface area (Å²) in [5.41, 5.74) is 1.92. The van der Waals surface area contributed by atoms with E-state index in [1.54, 1.807) is 17.0 Å². The summed E-state index contributed by atoms with van der Waals surface area (Å²) >= 11 is 0. The van der Waals surface area contributed by atoms with Crippen LogP contribution in [0.5, 0.6) is 0 Å². The van der Waals surface area contributed by atoms with Crippen molar-refractivity contribution in [2.24, 2.45) is 0 Å². The third kappa shape index (κ3) is 3.52. The maximum absolute atomic E-state index is 12.2. The fourth-order valence-corrected chi connectivity index (χ4v) is 2.42. The van der Waals surface area contributed by atoms with E-state index in [0.717, 1.165) is 11.3 Å². The van der Waals surface area contributed by atoms with Crippen LogP contribution in [0.25, 0.3) is 0 Å². The molecule has 114 valence electrons. The standard InChI is InChI=1S/C15H20N2O4/c1-3-21-10(2)9-16-15(20)17-7-6-11-8-12(14(18)19)4-5-13(11)17/h4-5,8,10H,3,6-7,9H2,1-2H3,(H,16,20)(H,18,19). The number of fused-ring (bicyclic) bond motifs is 1. The number of rotatable bonds is 5. The van der Waals surface area contributed by atoms with Crippen LogP contribution in [0.4, 0.5) is 10.5 Å². The summed E-state index contributed by atoms with van der Waals surface area (Å²) in [4.78, 5) is 24.8. The highest BCUT2D eigenvalue weighted by Gasteiger charge is 2.25. The number of urea groups is 1. The van der Waals surface area contributed by atoms with Gasteiger partial charge in [-0.1, -0.05) is 0 Å². The maximum atomic E-state index is 12.2. The monoisotopic (exact) mass is 292 g/mol. The summed E-state index contributed by atoms with van der Waals surface area (Å²) in [6, 6.07) is 4.67. The van der Waals surface area contributed by atoms with Crippen molar-refractivity contribution in [2.45, 2.75) is 26.4 Å². The van der Waals surface area contributed by atoms with Crippen molar-refractivity contribution in [2.75, 3.05) is 24.6 Å². The van der Waals surface area contributed by atoms with Gasteiger partial charge in [0.25, 0.3) is 0 Å². The molecule has 2 amide bonds. The van der Waals surface area contributed by atoms with E-state index in [2.05, 4.69) is 5.32 Å². The molecule has 0 fully saturated rings. The van der Waals surface area contributed by atoms with E-state index < -0.39 is 5.97 Å². The molecule has 1 aliphatic heterocycles. The van der Waals surface area contributed by atoms with Crippen LogP contribution >= 0.6 is 0 Å². The minimum absolute atomic E-state index is 0.0320. The Morgan fingerprint density at radius 2 is 2.24 bits per heavy atom. The van der Waals surface area contributed by atoms with Crippen molar-refractivity contribution in [3.63, 3.8) is 0 Å². The van der Waals surface area contributed by atoms with Crippen LogP contribution in [0.3, 0.4) is 0 Å². The van der Waals surface area contributed by atoms with Gasteiger partial charge in [0, 0.05) is 25.4 Å². The average molecular weight is 292 g/mol. The summed E-state index contributed by atoms with van der Waals surface area (Å²) in [6.45, 7) is 5.44. The van der Waals surface area contributed by atoms with Crippen LogP contribution in [-0.4, -0.2) is 42.9 Å². The zero-order chi connectivity index (χ0) is 15.4. The average Bonchev–Trinajstić information content (AvgIpc) is 2.88. The van der Waals surface area contributed by atoms with Gasteiger partial charge in [0.15, 0.2) is 0 Å². The summed E-state index contributed by atoms with van der Waals surface area (Å²) < 4.78 is 5.37. The number of carboxylic acids is 1. The summed E-state index contributed by atoms with van der Waals surface area (Å²) in [7, 11) is 0. The molecule has 1 aliphatic rings. The second-order valence-electron chi connectivity index (χ2n) is 5.00. The minimum atomic E-state index is -0.953. The third-order valence-electron chi connectivity index (χ3n) is 3.46. The Morgan fingerprint density at radius 1 is 1.48 bits per heavy atom. The molecule has 1 atom stereocenters. The second kappa shape index (κ2) is 6.58. The Hall–Kier alpha value is -2.08.